The van der Waals surface area contributed by atoms with Gasteiger partial charge in [-0.3, -0.25) is 14.4 Å². The van der Waals surface area contributed by atoms with Crippen LogP contribution in [0.1, 0.15) is 11.1 Å². The minimum atomic E-state index is -0.721. The molecule has 1 N–H and O–H groups in total. The van der Waals surface area contributed by atoms with Gasteiger partial charge in [-0.05, 0) is 35.4 Å². The van der Waals surface area contributed by atoms with Gasteiger partial charge in [0, 0.05) is 26.2 Å². The zero-order valence-electron chi connectivity index (χ0n) is 16.1. The number of fused-ring (bicyclic) bond motifs is 1. The molecule has 2 aliphatic heterocycles. The van der Waals surface area contributed by atoms with Gasteiger partial charge in [-0.1, -0.05) is 18.2 Å². The molecule has 2 aromatic carbocycles. The van der Waals surface area contributed by atoms with Gasteiger partial charge in [-0.25, -0.2) is 4.39 Å². The molecule has 0 atom stereocenters. The Morgan fingerprint density at radius 3 is 2.40 bits per heavy atom. The first-order valence-corrected chi connectivity index (χ1v) is 9.47. The van der Waals surface area contributed by atoms with Gasteiger partial charge in [0.05, 0.1) is 0 Å². The summed E-state index contributed by atoms with van der Waals surface area (Å²) in [5, 5.41) is 2.74. The smallest absolute Gasteiger partial charge is 0.312 e. The molecule has 156 valence electrons. The number of piperazine rings is 1. The maximum Gasteiger partial charge on any atom is 0.312 e. The Labute approximate surface area is 172 Å². The summed E-state index contributed by atoms with van der Waals surface area (Å²) < 4.78 is 23.6. The summed E-state index contributed by atoms with van der Waals surface area (Å²) in [7, 11) is 0. The van der Waals surface area contributed by atoms with E-state index in [2.05, 4.69) is 5.32 Å². The van der Waals surface area contributed by atoms with Crippen molar-refractivity contribution in [3.8, 4) is 11.5 Å². The van der Waals surface area contributed by atoms with Crippen LogP contribution in [0.15, 0.2) is 42.5 Å². The fourth-order valence-corrected chi connectivity index (χ4v) is 3.31. The molecule has 3 amide bonds. The van der Waals surface area contributed by atoms with Crippen LogP contribution in [0.25, 0.3) is 0 Å². The van der Waals surface area contributed by atoms with E-state index in [1.807, 2.05) is 6.07 Å². The molecule has 1 fully saturated rings. The molecule has 1 saturated heterocycles. The number of ether oxygens (including phenoxy) is 2. The zero-order valence-corrected chi connectivity index (χ0v) is 16.1. The number of carbonyl (C=O) groups excluding carboxylic acids is 3. The van der Waals surface area contributed by atoms with Crippen molar-refractivity contribution in [1.82, 2.24) is 15.1 Å². The maximum absolute atomic E-state index is 13.0. The average Bonchev–Trinajstić information content (AvgIpc) is 3.21. The van der Waals surface area contributed by atoms with E-state index >= 15 is 0 Å². The standard InChI is InChI=1S/C21H20FN3O5/c22-16-4-1-14(2-5-16)11-24-7-8-25(21(28)20(24)27)12-19(26)23-10-15-3-6-17-18(9-15)30-13-29-17/h1-6,9H,7-8,10-13H2,(H,23,26). The molecule has 4 rings (SSSR count). The molecule has 0 saturated carbocycles. The van der Waals surface area contributed by atoms with E-state index in [9.17, 15) is 18.8 Å². The summed E-state index contributed by atoms with van der Waals surface area (Å²) in [5.41, 5.74) is 1.56. The highest BCUT2D eigenvalue weighted by Crippen LogP contribution is 2.32. The lowest BCUT2D eigenvalue weighted by atomic mass is 10.2. The molecule has 2 aliphatic rings. The summed E-state index contributed by atoms with van der Waals surface area (Å²) >= 11 is 0. The van der Waals surface area contributed by atoms with Gasteiger partial charge in [0.2, 0.25) is 12.7 Å². The second kappa shape index (κ2) is 8.40. The van der Waals surface area contributed by atoms with Gasteiger partial charge in [-0.2, -0.15) is 0 Å². The second-order valence-electron chi connectivity index (χ2n) is 7.04. The molecule has 2 aromatic rings. The van der Waals surface area contributed by atoms with E-state index in [0.29, 0.717) is 18.0 Å². The van der Waals surface area contributed by atoms with Crippen LogP contribution < -0.4 is 14.8 Å². The van der Waals surface area contributed by atoms with Crippen LogP contribution in [0, 0.1) is 5.82 Å². The van der Waals surface area contributed by atoms with Crippen molar-refractivity contribution in [3.63, 3.8) is 0 Å². The molecule has 0 unspecified atom stereocenters. The van der Waals surface area contributed by atoms with E-state index in [4.69, 9.17) is 9.47 Å². The fourth-order valence-electron chi connectivity index (χ4n) is 3.31. The van der Waals surface area contributed by atoms with Crippen molar-refractivity contribution in [2.45, 2.75) is 13.1 Å². The number of halogens is 1. The first-order chi connectivity index (χ1) is 14.5. The van der Waals surface area contributed by atoms with E-state index in [0.717, 1.165) is 11.1 Å². The van der Waals surface area contributed by atoms with E-state index in [1.54, 1.807) is 24.3 Å². The van der Waals surface area contributed by atoms with Crippen LogP contribution in [0.5, 0.6) is 11.5 Å². The van der Waals surface area contributed by atoms with Crippen molar-refractivity contribution in [2.24, 2.45) is 0 Å². The van der Waals surface area contributed by atoms with Crippen LogP contribution in [-0.4, -0.2) is 53.9 Å². The van der Waals surface area contributed by atoms with Crippen molar-refractivity contribution in [3.05, 3.63) is 59.4 Å². The van der Waals surface area contributed by atoms with Crippen LogP contribution in [0.3, 0.4) is 0 Å². The number of nitrogens with zero attached hydrogens (tertiary/aromatic N) is 2. The molecular formula is C21H20FN3O5. The zero-order chi connectivity index (χ0) is 21.1. The number of amides is 3. The van der Waals surface area contributed by atoms with Gasteiger partial charge in [0.1, 0.15) is 12.4 Å². The van der Waals surface area contributed by atoms with Gasteiger partial charge in [0.25, 0.3) is 0 Å². The van der Waals surface area contributed by atoms with Crippen molar-refractivity contribution < 1.29 is 28.2 Å². The number of carbonyl (C=O) groups is 3. The van der Waals surface area contributed by atoms with E-state index in [-0.39, 0.29) is 44.7 Å². The summed E-state index contributed by atoms with van der Waals surface area (Å²) in [4.78, 5) is 39.6. The van der Waals surface area contributed by atoms with Crippen LogP contribution in [0.4, 0.5) is 4.39 Å². The predicted octanol–water partition coefficient (Wildman–Crippen LogP) is 1.04. The summed E-state index contributed by atoms with van der Waals surface area (Å²) in [5.74, 6) is -0.832. The Balaban J connectivity index is 1.27. The van der Waals surface area contributed by atoms with Crippen LogP contribution >= 0.6 is 0 Å². The highest BCUT2D eigenvalue weighted by atomic mass is 19.1. The lowest BCUT2D eigenvalue weighted by Gasteiger charge is -2.33. The third-order valence-electron chi connectivity index (χ3n) is 4.95. The largest absolute Gasteiger partial charge is 0.454 e. The molecular weight excluding hydrogens is 393 g/mol. The molecule has 30 heavy (non-hydrogen) atoms. The highest BCUT2D eigenvalue weighted by molar-refractivity contribution is 6.35. The Kier molecular flexibility index (Phi) is 5.51. The van der Waals surface area contributed by atoms with Gasteiger partial charge in [0.15, 0.2) is 11.5 Å². The number of hydrogen-bond acceptors (Lipinski definition) is 5. The third kappa shape index (κ3) is 4.35. The minimum Gasteiger partial charge on any atom is -0.454 e. The normalized spacial score (nSPS) is 15.5. The average molecular weight is 413 g/mol. The lowest BCUT2D eigenvalue weighted by Crippen LogP contribution is -2.55. The number of hydrogen-bond donors (Lipinski definition) is 1. The fraction of sp³-hybridized carbons (Fsp3) is 0.286. The SMILES string of the molecule is O=C(CN1CCN(Cc2ccc(F)cc2)C(=O)C1=O)NCc1ccc2c(c1)OCO2. The van der Waals surface area contributed by atoms with Gasteiger partial charge >= 0.3 is 11.8 Å². The number of nitrogens with one attached hydrogen (secondary N) is 1. The van der Waals surface area contributed by atoms with E-state index < -0.39 is 11.8 Å². The number of benzene rings is 2. The molecule has 0 radical (unpaired) electrons. The molecule has 9 heteroatoms. The molecule has 0 aromatic heterocycles. The van der Waals surface area contributed by atoms with Crippen LogP contribution in [0.2, 0.25) is 0 Å². The van der Waals surface area contributed by atoms with Crippen molar-refractivity contribution in [2.75, 3.05) is 26.4 Å². The summed E-state index contributed by atoms with van der Waals surface area (Å²) in [6.45, 7) is 1.02. The minimum absolute atomic E-state index is 0.175. The highest BCUT2D eigenvalue weighted by Gasteiger charge is 2.33. The second-order valence-corrected chi connectivity index (χ2v) is 7.04. The Morgan fingerprint density at radius 2 is 1.60 bits per heavy atom. The van der Waals surface area contributed by atoms with Crippen molar-refractivity contribution >= 4 is 17.7 Å². The topological polar surface area (TPSA) is 88.2 Å². The van der Waals surface area contributed by atoms with E-state index in [1.165, 1.54) is 21.9 Å². The molecule has 0 bridgehead atoms. The predicted molar refractivity (Wildman–Crippen MR) is 103 cm³/mol. The quantitative estimate of drug-likeness (QED) is 0.715. The Hall–Kier alpha value is -3.62. The van der Waals surface area contributed by atoms with Crippen molar-refractivity contribution in [1.29, 1.82) is 0 Å². The Morgan fingerprint density at radius 1 is 0.933 bits per heavy atom. The molecule has 2 heterocycles. The Bertz CT molecular complexity index is 979. The molecule has 0 spiro atoms. The summed E-state index contributed by atoms with van der Waals surface area (Å²) in [6, 6.07) is 11.1. The first-order valence-electron chi connectivity index (χ1n) is 9.47. The third-order valence-corrected chi connectivity index (χ3v) is 4.95. The van der Waals surface area contributed by atoms with Gasteiger partial charge in [-0.15, -0.1) is 0 Å². The molecule has 8 nitrogen and oxygen atoms in total. The van der Waals surface area contributed by atoms with Crippen LogP contribution in [-0.2, 0) is 27.5 Å². The maximum atomic E-state index is 13.0. The first kappa shape index (κ1) is 19.7. The lowest BCUT2D eigenvalue weighted by molar-refractivity contribution is -0.157. The monoisotopic (exact) mass is 413 g/mol. The number of rotatable bonds is 6. The molecule has 0 aliphatic carbocycles. The van der Waals surface area contributed by atoms with Gasteiger partial charge < -0.3 is 24.6 Å². The summed E-state index contributed by atoms with van der Waals surface area (Å²) in [6.07, 6.45) is 0.